The van der Waals surface area contributed by atoms with Crippen LogP contribution in [0.3, 0.4) is 0 Å². The minimum atomic E-state index is -0.701. The zero-order valence-corrected chi connectivity index (χ0v) is 12.2. The lowest BCUT2D eigenvalue weighted by Gasteiger charge is -2.36. The van der Waals surface area contributed by atoms with Crippen LogP contribution in [-0.2, 0) is 4.79 Å². The number of rotatable bonds is 4. The number of carboxylic acids is 1. The molecule has 1 aliphatic rings. The third-order valence-corrected chi connectivity index (χ3v) is 4.29. The summed E-state index contributed by atoms with van der Waals surface area (Å²) < 4.78 is 0. The molecular formula is C16H23NO3. The van der Waals surface area contributed by atoms with Crippen LogP contribution in [0.4, 0.5) is 0 Å². The molecule has 4 nitrogen and oxygen atoms in total. The topological polar surface area (TPSA) is 60.8 Å². The van der Waals surface area contributed by atoms with Gasteiger partial charge in [-0.3, -0.25) is 9.69 Å². The largest absolute Gasteiger partial charge is 0.508 e. The number of likely N-dealkylation sites (tertiary alicyclic amines) is 1. The number of aliphatic carboxylic acids is 1. The van der Waals surface area contributed by atoms with Crippen LogP contribution < -0.4 is 0 Å². The molecule has 1 fully saturated rings. The number of carboxylic acid groups (broad SMARTS) is 1. The Morgan fingerprint density at radius 1 is 1.40 bits per heavy atom. The first-order chi connectivity index (χ1) is 9.47. The summed E-state index contributed by atoms with van der Waals surface area (Å²) in [7, 11) is 0. The second-order valence-corrected chi connectivity index (χ2v) is 5.82. The third kappa shape index (κ3) is 3.51. The predicted octanol–water partition coefficient (Wildman–Crippen LogP) is 2.95. The zero-order chi connectivity index (χ0) is 14.7. The van der Waals surface area contributed by atoms with E-state index >= 15 is 0 Å². The summed E-state index contributed by atoms with van der Waals surface area (Å²) >= 11 is 0. The molecule has 1 aromatic rings. The van der Waals surface area contributed by atoms with E-state index in [1.54, 1.807) is 6.07 Å². The first kappa shape index (κ1) is 14.9. The van der Waals surface area contributed by atoms with Crippen LogP contribution in [0.2, 0.25) is 0 Å². The summed E-state index contributed by atoms with van der Waals surface area (Å²) in [5, 5.41) is 18.8. The normalized spacial score (nSPS) is 18.9. The Bertz CT molecular complexity index is 479. The molecule has 1 aliphatic heterocycles. The van der Waals surface area contributed by atoms with Gasteiger partial charge >= 0.3 is 5.97 Å². The summed E-state index contributed by atoms with van der Waals surface area (Å²) in [5.74, 6) is -0.0642. The molecule has 0 aromatic heterocycles. The van der Waals surface area contributed by atoms with Crippen LogP contribution in [0.25, 0.3) is 0 Å². The van der Waals surface area contributed by atoms with E-state index in [1.807, 2.05) is 19.1 Å². The Balaban J connectivity index is 1.99. The molecule has 1 saturated heterocycles. The molecule has 0 spiro atoms. The lowest BCUT2D eigenvalue weighted by atomic mass is 9.91. The molecule has 1 heterocycles. The fourth-order valence-electron chi connectivity index (χ4n) is 3.00. The van der Waals surface area contributed by atoms with Gasteiger partial charge in [-0.15, -0.1) is 0 Å². The van der Waals surface area contributed by atoms with E-state index in [-0.39, 0.29) is 12.5 Å². The van der Waals surface area contributed by atoms with Crippen LogP contribution in [0.15, 0.2) is 18.2 Å². The fourth-order valence-corrected chi connectivity index (χ4v) is 3.00. The van der Waals surface area contributed by atoms with Gasteiger partial charge in [0.05, 0.1) is 0 Å². The van der Waals surface area contributed by atoms with Gasteiger partial charge in [0.15, 0.2) is 0 Å². The maximum absolute atomic E-state index is 10.7. The maximum atomic E-state index is 10.7. The number of hydrogen-bond donors (Lipinski definition) is 2. The minimum Gasteiger partial charge on any atom is -0.508 e. The lowest BCUT2D eigenvalue weighted by molar-refractivity contribution is -0.138. The Morgan fingerprint density at radius 2 is 2.05 bits per heavy atom. The van der Waals surface area contributed by atoms with Crippen LogP contribution >= 0.6 is 0 Å². The second kappa shape index (κ2) is 6.27. The smallest absolute Gasteiger partial charge is 0.303 e. The van der Waals surface area contributed by atoms with Crippen molar-refractivity contribution in [1.29, 1.82) is 0 Å². The summed E-state index contributed by atoms with van der Waals surface area (Å²) in [5.41, 5.74) is 2.10. The molecular weight excluding hydrogens is 254 g/mol. The van der Waals surface area contributed by atoms with Gasteiger partial charge in [-0.1, -0.05) is 17.7 Å². The highest BCUT2D eigenvalue weighted by Crippen LogP contribution is 2.32. The number of nitrogens with zero attached hydrogens (tertiary/aromatic N) is 1. The Hall–Kier alpha value is -1.55. The highest BCUT2D eigenvalue weighted by molar-refractivity contribution is 5.67. The van der Waals surface area contributed by atoms with Crippen molar-refractivity contribution in [1.82, 2.24) is 4.90 Å². The van der Waals surface area contributed by atoms with E-state index in [0.717, 1.165) is 37.1 Å². The van der Waals surface area contributed by atoms with Crippen molar-refractivity contribution in [3.8, 4) is 5.75 Å². The molecule has 1 atom stereocenters. The number of hydrogen-bond acceptors (Lipinski definition) is 3. The standard InChI is InChI=1S/C16H23NO3/c1-11-3-4-15(18)14(9-11)12(2)17-7-5-13(6-8-17)10-16(19)20/h3-4,9,12-13,18H,5-8,10H2,1-2H3,(H,19,20). The number of aryl methyl sites for hydroxylation is 1. The number of piperidine rings is 1. The average Bonchev–Trinajstić information content (AvgIpc) is 2.41. The van der Waals surface area contributed by atoms with Gasteiger partial charge in [-0.05, 0) is 51.8 Å². The van der Waals surface area contributed by atoms with E-state index in [2.05, 4.69) is 11.8 Å². The molecule has 0 bridgehead atoms. The predicted molar refractivity (Wildman–Crippen MR) is 77.8 cm³/mol. The molecule has 2 N–H and O–H groups in total. The van der Waals surface area contributed by atoms with E-state index in [9.17, 15) is 9.90 Å². The first-order valence-electron chi connectivity index (χ1n) is 7.22. The second-order valence-electron chi connectivity index (χ2n) is 5.82. The van der Waals surface area contributed by atoms with Gasteiger partial charge in [0.2, 0.25) is 0 Å². The maximum Gasteiger partial charge on any atom is 0.303 e. The lowest BCUT2D eigenvalue weighted by Crippen LogP contribution is -2.36. The Labute approximate surface area is 120 Å². The van der Waals surface area contributed by atoms with E-state index in [4.69, 9.17) is 5.11 Å². The third-order valence-electron chi connectivity index (χ3n) is 4.29. The van der Waals surface area contributed by atoms with E-state index in [0.29, 0.717) is 11.7 Å². The van der Waals surface area contributed by atoms with Crippen LogP contribution in [-0.4, -0.2) is 34.2 Å². The highest BCUT2D eigenvalue weighted by Gasteiger charge is 2.25. The molecule has 0 amide bonds. The van der Waals surface area contributed by atoms with Crippen molar-refractivity contribution < 1.29 is 15.0 Å². The number of benzene rings is 1. The molecule has 0 aliphatic carbocycles. The SMILES string of the molecule is Cc1ccc(O)c(C(C)N2CCC(CC(=O)O)CC2)c1. The number of phenols is 1. The molecule has 4 heteroatoms. The van der Waals surface area contributed by atoms with Crippen molar-refractivity contribution in [3.05, 3.63) is 29.3 Å². The van der Waals surface area contributed by atoms with E-state index in [1.165, 1.54) is 0 Å². The highest BCUT2D eigenvalue weighted by atomic mass is 16.4. The van der Waals surface area contributed by atoms with Gasteiger partial charge in [-0.2, -0.15) is 0 Å². The van der Waals surface area contributed by atoms with Gasteiger partial charge in [0.25, 0.3) is 0 Å². The van der Waals surface area contributed by atoms with Gasteiger partial charge < -0.3 is 10.2 Å². The number of carbonyl (C=O) groups is 1. The summed E-state index contributed by atoms with van der Waals surface area (Å²) in [4.78, 5) is 13.1. The molecule has 1 aromatic carbocycles. The van der Waals surface area contributed by atoms with Crippen molar-refractivity contribution in [3.63, 3.8) is 0 Å². The molecule has 0 radical (unpaired) electrons. The van der Waals surface area contributed by atoms with Crippen LogP contribution in [0, 0.1) is 12.8 Å². The summed E-state index contributed by atoms with van der Waals surface area (Å²) in [6, 6.07) is 5.85. The van der Waals surface area contributed by atoms with Crippen LogP contribution in [0.5, 0.6) is 5.75 Å². The Morgan fingerprint density at radius 3 is 2.65 bits per heavy atom. The van der Waals surface area contributed by atoms with Gasteiger partial charge in [-0.25, -0.2) is 0 Å². The molecule has 0 saturated carbocycles. The minimum absolute atomic E-state index is 0.167. The van der Waals surface area contributed by atoms with Crippen molar-refractivity contribution >= 4 is 5.97 Å². The summed E-state index contributed by atoms with van der Waals surface area (Å²) in [6.45, 7) is 5.92. The molecule has 110 valence electrons. The Kier molecular flexibility index (Phi) is 4.65. The fraction of sp³-hybridized carbons (Fsp3) is 0.562. The van der Waals surface area contributed by atoms with Crippen molar-refractivity contribution in [2.24, 2.45) is 5.92 Å². The molecule has 1 unspecified atom stereocenters. The van der Waals surface area contributed by atoms with Crippen molar-refractivity contribution in [2.45, 2.75) is 39.2 Å². The number of aromatic hydroxyl groups is 1. The zero-order valence-electron chi connectivity index (χ0n) is 12.2. The van der Waals surface area contributed by atoms with Crippen LogP contribution in [0.1, 0.15) is 43.4 Å². The molecule has 2 rings (SSSR count). The number of phenolic OH excluding ortho intramolecular Hbond substituents is 1. The van der Waals surface area contributed by atoms with Gasteiger partial charge in [0, 0.05) is 18.0 Å². The molecule has 20 heavy (non-hydrogen) atoms. The van der Waals surface area contributed by atoms with Gasteiger partial charge in [0.1, 0.15) is 5.75 Å². The average molecular weight is 277 g/mol. The first-order valence-corrected chi connectivity index (χ1v) is 7.22. The van der Waals surface area contributed by atoms with E-state index < -0.39 is 5.97 Å². The quantitative estimate of drug-likeness (QED) is 0.888. The summed E-state index contributed by atoms with van der Waals surface area (Å²) in [6.07, 6.45) is 2.12. The van der Waals surface area contributed by atoms with Crippen molar-refractivity contribution in [2.75, 3.05) is 13.1 Å². The monoisotopic (exact) mass is 277 g/mol.